The number of nitrogens with zero attached hydrogens (tertiary/aromatic N) is 1. The summed E-state index contributed by atoms with van der Waals surface area (Å²) in [5.74, 6) is 0.0437. The third-order valence-corrected chi connectivity index (χ3v) is 3.40. The second-order valence-electron chi connectivity index (χ2n) is 4.81. The van der Waals surface area contributed by atoms with Gasteiger partial charge in [0.05, 0.1) is 0 Å². The Morgan fingerprint density at radius 1 is 1.30 bits per heavy atom. The van der Waals surface area contributed by atoms with Gasteiger partial charge in [0.2, 0.25) is 5.88 Å². The number of aromatic hydroxyl groups is 1. The third-order valence-electron chi connectivity index (χ3n) is 3.40. The van der Waals surface area contributed by atoms with Crippen LogP contribution in [0.4, 0.5) is 4.79 Å². The molecule has 0 spiro atoms. The average Bonchev–Trinajstić information content (AvgIpc) is 2.74. The van der Waals surface area contributed by atoms with E-state index < -0.39 is 0 Å². The number of carbonyl (C=O) groups is 1. The Labute approximate surface area is 119 Å². The first-order chi connectivity index (χ1) is 9.63. The summed E-state index contributed by atoms with van der Waals surface area (Å²) in [5.41, 5.74) is 2.93. The maximum atomic E-state index is 12.0. The van der Waals surface area contributed by atoms with Crippen LogP contribution in [-0.2, 0) is 12.8 Å². The Morgan fingerprint density at radius 2 is 2.00 bits per heavy atom. The molecule has 0 aliphatic rings. The predicted octanol–water partition coefficient (Wildman–Crippen LogP) is 2.86. The number of hydrogen-bond acceptors (Lipinski definition) is 2. The summed E-state index contributed by atoms with van der Waals surface area (Å²) >= 11 is 0. The topological polar surface area (TPSA) is 54.3 Å². The van der Waals surface area contributed by atoms with Crippen molar-refractivity contribution in [3.8, 4) is 5.88 Å². The van der Waals surface area contributed by atoms with Crippen LogP contribution in [0.2, 0.25) is 0 Å². The Kier molecular flexibility index (Phi) is 4.45. The van der Waals surface area contributed by atoms with Gasteiger partial charge in [-0.2, -0.15) is 0 Å². The van der Waals surface area contributed by atoms with Gasteiger partial charge in [0.1, 0.15) is 0 Å². The molecule has 0 bridgehead atoms. The first-order valence-corrected chi connectivity index (χ1v) is 6.85. The highest BCUT2D eigenvalue weighted by Crippen LogP contribution is 2.23. The van der Waals surface area contributed by atoms with E-state index in [9.17, 15) is 9.90 Å². The fourth-order valence-corrected chi connectivity index (χ4v) is 2.29. The van der Waals surface area contributed by atoms with Gasteiger partial charge in [-0.05, 0) is 30.9 Å². The fourth-order valence-electron chi connectivity index (χ4n) is 2.29. The molecule has 0 fully saturated rings. The molecule has 1 amide bonds. The minimum absolute atomic E-state index is 0.0437. The molecule has 0 saturated carbocycles. The van der Waals surface area contributed by atoms with E-state index >= 15 is 0 Å². The second kappa shape index (κ2) is 6.28. The Bertz CT molecular complexity index is 588. The van der Waals surface area contributed by atoms with Crippen molar-refractivity contribution in [1.29, 1.82) is 0 Å². The van der Waals surface area contributed by atoms with E-state index in [1.165, 1.54) is 10.1 Å². The average molecular weight is 272 g/mol. The molecule has 1 heterocycles. The van der Waals surface area contributed by atoms with Gasteiger partial charge in [-0.25, -0.2) is 9.36 Å². The molecule has 1 aromatic carbocycles. The maximum absolute atomic E-state index is 12.0. The lowest BCUT2D eigenvalue weighted by atomic mass is 10.1. The van der Waals surface area contributed by atoms with E-state index in [2.05, 4.69) is 5.32 Å². The number of hydrogen-bond donors (Lipinski definition) is 2. The number of aromatic nitrogens is 1. The first-order valence-electron chi connectivity index (χ1n) is 6.85. The molecule has 4 nitrogen and oxygen atoms in total. The van der Waals surface area contributed by atoms with Crippen molar-refractivity contribution in [3.05, 3.63) is 53.2 Å². The van der Waals surface area contributed by atoms with Crippen LogP contribution in [-0.4, -0.2) is 22.2 Å². The van der Waals surface area contributed by atoms with E-state index in [1.54, 1.807) is 6.20 Å². The summed E-state index contributed by atoms with van der Waals surface area (Å²) in [4.78, 5) is 12.0. The third kappa shape index (κ3) is 3.02. The molecular formula is C16H20N2O2. The fraction of sp³-hybridized carbons (Fsp3) is 0.312. The normalized spacial score (nSPS) is 10.5. The summed E-state index contributed by atoms with van der Waals surface area (Å²) in [6.45, 7) is 4.40. The smallest absolute Gasteiger partial charge is 0.328 e. The van der Waals surface area contributed by atoms with E-state index in [0.29, 0.717) is 13.0 Å². The highest BCUT2D eigenvalue weighted by atomic mass is 16.3. The van der Waals surface area contributed by atoms with Crippen molar-refractivity contribution in [2.24, 2.45) is 0 Å². The van der Waals surface area contributed by atoms with Gasteiger partial charge in [0.15, 0.2) is 0 Å². The van der Waals surface area contributed by atoms with E-state index in [1.807, 2.05) is 44.2 Å². The Balaban J connectivity index is 1.96. The zero-order valence-electron chi connectivity index (χ0n) is 11.9. The molecule has 0 aliphatic carbocycles. The maximum Gasteiger partial charge on any atom is 0.328 e. The first kappa shape index (κ1) is 14.2. The molecule has 2 aromatic rings. The van der Waals surface area contributed by atoms with Crippen LogP contribution < -0.4 is 5.32 Å². The van der Waals surface area contributed by atoms with Crippen molar-refractivity contribution >= 4 is 6.03 Å². The predicted molar refractivity (Wildman–Crippen MR) is 79.2 cm³/mol. The van der Waals surface area contributed by atoms with Crippen LogP contribution in [0, 0.1) is 6.92 Å². The zero-order chi connectivity index (χ0) is 14.5. The van der Waals surface area contributed by atoms with Crippen molar-refractivity contribution in [1.82, 2.24) is 9.88 Å². The number of nitrogens with one attached hydrogen (secondary N) is 1. The molecule has 1 aromatic heterocycles. The molecule has 106 valence electrons. The highest BCUT2D eigenvalue weighted by Gasteiger charge is 2.15. The molecule has 2 rings (SSSR count). The summed E-state index contributed by atoms with van der Waals surface area (Å²) in [7, 11) is 0. The molecule has 4 heteroatoms. The number of aryl methyl sites for hydroxylation is 1. The largest absolute Gasteiger partial charge is 0.494 e. The summed E-state index contributed by atoms with van der Waals surface area (Å²) in [5, 5.41) is 12.8. The van der Waals surface area contributed by atoms with Crippen LogP contribution in [0.5, 0.6) is 5.88 Å². The highest BCUT2D eigenvalue weighted by molar-refractivity contribution is 5.79. The van der Waals surface area contributed by atoms with E-state index in [4.69, 9.17) is 0 Å². The van der Waals surface area contributed by atoms with Crippen LogP contribution in [0.15, 0.2) is 36.5 Å². The number of rotatable bonds is 4. The quantitative estimate of drug-likeness (QED) is 0.899. The van der Waals surface area contributed by atoms with Crippen molar-refractivity contribution in [2.75, 3.05) is 6.54 Å². The van der Waals surface area contributed by atoms with Gasteiger partial charge in [-0.1, -0.05) is 37.3 Å². The van der Waals surface area contributed by atoms with Crippen LogP contribution in [0.25, 0.3) is 0 Å². The number of amides is 1. The SMILES string of the molecule is CCc1c(C)cn(C(=O)NCCc2ccccc2)c1O. The van der Waals surface area contributed by atoms with E-state index in [0.717, 1.165) is 17.5 Å². The molecular weight excluding hydrogens is 252 g/mol. The molecule has 2 N–H and O–H groups in total. The van der Waals surface area contributed by atoms with Crippen LogP contribution in [0.3, 0.4) is 0 Å². The minimum atomic E-state index is -0.291. The molecule has 0 unspecified atom stereocenters. The van der Waals surface area contributed by atoms with Gasteiger partial charge in [0.25, 0.3) is 0 Å². The van der Waals surface area contributed by atoms with Crippen molar-refractivity contribution in [3.63, 3.8) is 0 Å². The van der Waals surface area contributed by atoms with Crippen LogP contribution >= 0.6 is 0 Å². The monoisotopic (exact) mass is 272 g/mol. The lowest BCUT2D eigenvalue weighted by Crippen LogP contribution is -2.29. The standard InChI is InChI=1S/C16H20N2O2/c1-3-14-12(2)11-18(15(14)19)16(20)17-10-9-13-7-5-4-6-8-13/h4-8,11,19H,3,9-10H2,1-2H3,(H,17,20). The molecule has 0 atom stereocenters. The Hall–Kier alpha value is -2.23. The van der Waals surface area contributed by atoms with Gasteiger partial charge in [0, 0.05) is 18.3 Å². The van der Waals surface area contributed by atoms with Crippen molar-refractivity contribution in [2.45, 2.75) is 26.7 Å². The zero-order valence-corrected chi connectivity index (χ0v) is 11.9. The van der Waals surface area contributed by atoms with Crippen LogP contribution in [0.1, 0.15) is 23.6 Å². The van der Waals surface area contributed by atoms with Gasteiger partial charge < -0.3 is 10.4 Å². The molecule has 0 aliphatic heterocycles. The Morgan fingerprint density at radius 3 is 2.60 bits per heavy atom. The lowest BCUT2D eigenvalue weighted by Gasteiger charge is -2.07. The van der Waals surface area contributed by atoms with E-state index in [-0.39, 0.29) is 11.9 Å². The van der Waals surface area contributed by atoms with Gasteiger partial charge in [-0.3, -0.25) is 0 Å². The summed E-state index contributed by atoms with van der Waals surface area (Å²) in [6, 6.07) is 9.69. The molecule has 0 saturated heterocycles. The summed E-state index contributed by atoms with van der Waals surface area (Å²) in [6.07, 6.45) is 3.15. The number of carbonyl (C=O) groups excluding carboxylic acids is 1. The number of benzene rings is 1. The van der Waals surface area contributed by atoms with Crippen molar-refractivity contribution < 1.29 is 9.90 Å². The van der Waals surface area contributed by atoms with Gasteiger partial charge in [-0.15, -0.1) is 0 Å². The van der Waals surface area contributed by atoms with Gasteiger partial charge >= 0.3 is 6.03 Å². The lowest BCUT2D eigenvalue weighted by molar-refractivity contribution is 0.239. The second-order valence-corrected chi connectivity index (χ2v) is 4.81. The minimum Gasteiger partial charge on any atom is -0.494 e. The molecule has 0 radical (unpaired) electrons. The molecule has 20 heavy (non-hydrogen) atoms. The summed E-state index contributed by atoms with van der Waals surface area (Å²) < 4.78 is 1.28.